The van der Waals surface area contributed by atoms with Crippen molar-refractivity contribution in [3.05, 3.63) is 77.9 Å². The molecule has 1 amide bonds. The van der Waals surface area contributed by atoms with Crippen molar-refractivity contribution >= 4 is 18.3 Å². The van der Waals surface area contributed by atoms with Gasteiger partial charge in [0.2, 0.25) is 5.89 Å². The van der Waals surface area contributed by atoms with Gasteiger partial charge in [0.25, 0.3) is 5.91 Å². The van der Waals surface area contributed by atoms with Crippen molar-refractivity contribution in [2.24, 2.45) is 0 Å². The molecular formula is C17H14ClFN2O2. The van der Waals surface area contributed by atoms with Crippen LogP contribution in [-0.4, -0.2) is 10.9 Å². The first-order valence-corrected chi connectivity index (χ1v) is 6.76. The molecule has 3 rings (SSSR count). The molecule has 2 aromatic carbocycles. The molecule has 0 atom stereocenters. The standard InChI is InChI=1S/C17H13FN2O2.ClH/c18-14-9-5-4-8-13(14)10-19-16(21)15-11-22-17(20-15)12-6-2-1-3-7-12;/h1-9,11H,10H2,(H,19,21);1H. The number of benzene rings is 2. The fourth-order valence-corrected chi connectivity index (χ4v) is 2.00. The van der Waals surface area contributed by atoms with E-state index in [9.17, 15) is 9.18 Å². The first kappa shape index (κ1) is 16.7. The quantitative estimate of drug-likeness (QED) is 0.790. The average molecular weight is 333 g/mol. The van der Waals surface area contributed by atoms with Crippen molar-refractivity contribution < 1.29 is 13.6 Å². The van der Waals surface area contributed by atoms with Crippen LogP contribution in [0.4, 0.5) is 4.39 Å². The van der Waals surface area contributed by atoms with Gasteiger partial charge in [-0.15, -0.1) is 12.4 Å². The zero-order chi connectivity index (χ0) is 15.4. The molecule has 0 aliphatic rings. The molecule has 0 aliphatic carbocycles. The molecular weight excluding hydrogens is 319 g/mol. The fourth-order valence-electron chi connectivity index (χ4n) is 2.00. The molecule has 4 nitrogen and oxygen atoms in total. The number of halogens is 2. The third-order valence-electron chi connectivity index (χ3n) is 3.15. The molecule has 3 aromatic rings. The molecule has 0 saturated heterocycles. The Kier molecular flexibility index (Phi) is 5.49. The predicted molar refractivity (Wildman–Crippen MR) is 86.8 cm³/mol. The lowest BCUT2D eigenvalue weighted by Crippen LogP contribution is -2.23. The van der Waals surface area contributed by atoms with E-state index in [4.69, 9.17) is 4.42 Å². The van der Waals surface area contributed by atoms with Gasteiger partial charge in [-0.05, 0) is 18.2 Å². The Balaban J connectivity index is 0.00000192. The highest BCUT2D eigenvalue weighted by molar-refractivity contribution is 5.92. The van der Waals surface area contributed by atoms with Gasteiger partial charge in [0.1, 0.15) is 12.1 Å². The smallest absolute Gasteiger partial charge is 0.273 e. The normalized spacial score (nSPS) is 9.96. The summed E-state index contributed by atoms with van der Waals surface area (Å²) >= 11 is 0. The number of nitrogens with one attached hydrogen (secondary N) is 1. The van der Waals surface area contributed by atoms with Gasteiger partial charge in [-0.25, -0.2) is 9.37 Å². The predicted octanol–water partition coefficient (Wildman–Crippen LogP) is 3.83. The van der Waals surface area contributed by atoms with Crippen LogP contribution in [0.3, 0.4) is 0 Å². The number of carbonyl (C=O) groups excluding carboxylic acids is 1. The van der Waals surface area contributed by atoms with Gasteiger partial charge in [-0.2, -0.15) is 0 Å². The average Bonchev–Trinajstić information content (AvgIpc) is 3.05. The van der Waals surface area contributed by atoms with E-state index in [2.05, 4.69) is 10.3 Å². The summed E-state index contributed by atoms with van der Waals surface area (Å²) in [6.07, 6.45) is 1.29. The molecule has 118 valence electrons. The summed E-state index contributed by atoms with van der Waals surface area (Å²) in [7, 11) is 0. The van der Waals surface area contributed by atoms with Crippen LogP contribution in [0.15, 0.2) is 65.3 Å². The van der Waals surface area contributed by atoms with Gasteiger partial charge in [0, 0.05) is 17.7 Å². The number of carbonyl (C=O) groups is 1. The number of amides is 1. The molecule has 0 aliphatic heterocycles. The minimum absolute atomic E-state index is 0. The Morgan fingerprint density at radius 1 is 1.09 bits per heavy atom. The molecule has 1 N–H and O–H groups in total. The van der Waals surface area contributed by atoms with E-state index in [1.165, 1.54) is 12.3 Å². The van der Waals surface area contributed by atoms with Gasteiger partial charge in [0.05, 0.1) is 0 Å². The zero-order valence-electron chi connectivity index (χ0n) is 12.0. The molecule has 0 fully saturated rings. The zero-order valence-corrected chi connectivity index (χ0v) is 12.8. The molecule has 0 saturated carbocycles. The molecule has 0 bridgehead atoms. The van der Waals surface area contributed by atoms with Crippen molar-refractivity contribution in [2.45, 2.75) is 6.54 Å². The Bertz CT molecular complexity index is 790. The SMILES string of the molecule is Cl.O=C(NCc1ccccc1F)c1coc(-c2ccccc2)n1. The molecule has 0 unspecified atom stereocenters. The molecule has 23 heavy (non-hydrogen) atoms. The van der Waals surface area contributed by atoms with Crippen LogP contribution < -0.4 is 5.32 Å². The summed E-state index contributed by atoms with van der Waals surface area (Å²) in [6.45, 7) is 0.0963. The number of hydrogen-bond donors (Lipinski definition) is 1. The van der Waals surface area contributed by atoms with Crippen LogP contribution in [0, 0.1) is 5.82 Å². The van der Waals surface area contributed by atoms with E-state index in [-0.39, 0.29) is 30.5 Å². The highest BCUT2D eigenvalue weighted by Gasteiger charge is 2.13. The van der Waals surface area contributed by atoms with Crippen molar-refractivity contribution in [3.63, 3.8) is 0 Å². The fraction of sp³-hybridized carbons (Fsp3) is 0.0588. The maximum atomic E-state index is 13.5. The Hall–Kier alpha value is -2.66. The minimum atomic E-state index is -0.408. The summed E-state index contributed by atoms with van der Waals surface area (Å²) < 4.78 is 18.8. The molecule has 1 aromatic heterocycles. The Morgan fingerprint density at radius 3 is 2.52 bits per heavy atom. The monoisotopic (exact) mass is 332 g/mol. The van der Waals surface area contributed by atoms with Crippen LogP contribution >= 0.6 is 12.4 Å². The van der Waals surface area contributed by atoms with Crippen LogP contribution in [0.25, 0.3) is 11.5 Å². The van der Waals surface area contributed by atoms with E-state index in [1.54, 1.807) is 18.2 Å². The maximum absolute atomic E-state index is 13.5. The van der Waals surface area contributed by atoms with Crippen molar-refractivity contribution in [1.82, 2.24) is 10.3 Å². The third kappa shape index (κ3) is 3.96. The minimum Gasteiger partial charge on any atom is -0.444 e. The number of hydrogen-bond acceptors (Lipinski definition) is 3. The molecule has 0 spiro atoms. The van der Waals surface area contributed by atoms with Crippen LogP contribution in [0.5, 0.6) is 0 Å². The van der Waals surface area contributed by atoms with Gasteiger partial charge < -0.3 is 9.73 Å². The third-order valence-corrected chi connectivity index (χ3v) is 3.15. The van der Waals surface area contributed by atoms with Crippen LogP contribution in [0.2, 0.25) is 0 Å². The number of aromatic nitrogens is 1. The Labute approximate surface area is 138 Å². The number of rotatable bonds is 4. The van der Waals surface area contributed by atoms with Crippen LogP contribution in [-0.2, 0) is 6.54 Å². The second kappa shape index (κ2) is 7.56. The Morgan fingerprint density at radius 2 is 1.78 bits per heavy atom. The number of nitrogens with zero attached hydrogens (tertiary/aromatic N) is 1. The first-order valence-electron chi connectivity index (χ1n) is 6.76. The number of oxazole rings is 1. The lowest BCUT2D eigenvalue weighted by molar-refractivity contribution is 0.0945. The van der Waals surface area contributed by atoms with Gasteiger partial charge in [0.15, 0.2) is 5.69 Å². The lowest BCUT2D eigenvalue weighted by atomic mass is 10.2. The first-order chi connectivity index (χ1) is 10.7. The molecule has 6 heteroatoms. The van der Waals surface area contributed by atoms with Crippen molar-refractivity contribution in [2.75, 3.05) is 0 Å². The summed E-state index contributed by atoms with van der Waals surface area (Å²) in [6, 6.07) is 15.6. The van der Waals surface area contributed by atoms with Crippen molar-refractivity contribution in [1.29, 1.82) is 0 Å². The summed E-state index contributed by atoms with van der Waals surface area (Å²) in [5.41, 5.74) is 1.37. The van der Waals surface area contributed by atoms with E-state index in [0.29, 0.717) is 11.5 Å². The van der Waals surface area contributed by atoms with Gasteiger partial charge in [-0.3, -0.25) is 4.79 Å². The van der Waals surface area contributed by atoms with Crippen LogP contribution in [0.1, 0.15) is 16.1 Å². The summed E-state index contributed by atoms with van der Waals surface area (Å²) in [5, 5.41) is 2.62. The van der Waals surface area contributed by atoms with E-state index in [0.717, 1.165) is 5.56 Å². The van der Waals surface area contributed by atoms with E-state index >= 15 is 0 Å². The second-order valence-electron chi connectivity index (χ2n) is 4.68. The lowest BCUT2D eigenvalue weighted by Gasteiger charge is -2.03. The van der Waals surface area contributed by atoms with E-state index < -0.39 is 5.91 Å². The summed E-state index contributed by atoms with van der Waals surface area (Å²) in [5.74, 6) is -0.390. The van der Waals surface area contributed by atoms with Crippen molar-refractivity contribution in [3.8, 4) is 11.5 Å². The molecule has 0 radical (unpaired) electrons. The topological polar surface area (TPSA) is 55.1 Å². The highest BCUT2D eigenvalue weighted by Crippen LogP contribution is 2.17. The largest absolute Gasteiger partial charge is 0.444 e. The van der Waals surface area contributed by atoms with Gasteiger partial charge >= 0.3 is 0 Å². The van der Waals surface area contributed by atoms with E-state index in [1.807, 2.05) is 30.3 Å². The van der Waals surface area contributed by atoms with Gasteiger partial charge in [-0.1, -0.05) is 36.4 Å². The maximum Gasteiger partial charge on any atom is 0.273 e. The molecule has 1 heterocycles. The summed E-state index contributed by atoms with van der Waals surface area (Å²) in [4.78, 5) is 16.2. The second-order valence-corrected chi connectivity index (χ2v) is 4.68. The highest BCUT2D eigenvalue weighted by atomic mass is 35.5.